The van der Waals surface area contributed by atoms with Gasteiger partial charge < -0.3 is 15.0 Å². The fourth-order valence-electron chi connectivity index (χ4n) is 4.31. The van der Waals surface area contributed by atoms with Crippen LogP contribution in [-0.4, -0.2) is 53.3 Å². The molecule has 0 unspecified atom stereocenters. The Labute approximate surface area is 206 Å². The number of rotatable bonds is 4. The van der Waals surface area contributed by atoms with Crippen LogP contribution in [0.15, 0.2) is 58.5 Å². The molecule has 0 aromatic heterocycles. The lowest BCUT2D eigenvalue weighted by atomic mass is 9.86. The smallest absolute Gasteiger partial charge is 0.321 e. The molecule has 6 nitrogen and oxygen atoms in total. The molecule has 2 aromatic carbocycles. The molecule has 2 amide bonds. The zero-order chi connectivity index (χ0) is 24.3. The number of thioether (sulfide) groups is 1. The number of likely N-dealkylation sites (tertiary alicyclic amines) is 1. The van der Waals surface area contributed by atoms with E-state index in [1.807, 2.05) is 29.2 Å². The van der Waals surface area contributed by atoms with Gasteiger partial charge >= 0.3 is 6.03 Å². The van der Waals surface area contributed by atoms with Crippen molar-refractivity contribution >= 4 is 34.2 Å². The van der Waals surface area contributed by atoms with E-state index in [1.165, 1.54) is 5.56 Å². The van der Waals surface area contributed by atoms with Gasteiger partial charge in [-0.15, -0.1) is 11.8 Å². The number of piperidine rings is 1. The summed E-state index contributed by atoms with van der Waals surface area (Å²) in [7, 11) is 1.60. The predicted molar refractivity (Wildman–Crippen MR) is 143 cm³/mol. The summed E-state index contributed by atoms with van der Waals surface area (Å²) < 4.78 is 5.35. The van der Waals surface area contributed by atoms with Crippen LogP contribution in [0.1, 0.15) is 51.7 Å². The zero-order valence-electron chi connectivity index (χ0n) is 20.7. The maximum absolute atomic E-state index is 12.9. The first-order valence-corrected chi connectivity index (χ1v) is 12.9. The minimum atomic E-state index is -0.475. The number of aliphatic imine (C=N–C) groups is 2. The number of anilines is 1. The summed E-state index contributed by atoms with van der Waals surface area (Å²) in [6.45, 7) is 10.0. The van der Waals surface area contributed by atoms with Crippen molar-refractivity contribution in [2.45, 2.75) is 51.6 Å². The van der Waals surface area contributed by atoms with Gasteiger partial charge in [-0.3, -0.25) is 4.99 Å². The van der Waals surface area contributed by atoms with E-state index in [4.69, 9.17) is 14.7 Å². The van der Waals surface area contributed by atoms with Crippen molar-refractivity contribution in [1.82, 2.24) is 4.90 Å². The number of benzene rings is 2. The second-order valence-electron chi connectivity index (χ2n) is 9.74. The second-order valence-corrected chi connectivity index (χ2v) is 11.0. The Bertz CT molecular complexity index is 1090. The third-order valence-corrected chi connectivity index (χ3v) is 7.18. The molecule has 2 heterocycles. The van der Waals surface area contributed by atoms with E-state index in [1.54, 1.807) is 18.9 Å². The Morgan fingerprint density at radius 2 is 1.76 bits per heavy atom. The number of nitrogens with zero attached hydrogens (tertiary/aromatic N) is 3. The summed E-state index contributed by atoms with van der Waals surface area (Å²) in [4.78, 5) is 25.0. The molecule has 180 valence electrons. The van der Waals surface area contributed by atoms with Crippen LogP contribution in [0, 0.1) is 0 Å². The van der Waals surface area contributed by atoms with Gasteiger partial charge in [-0.25, -0.2) is 9.79 Å². The number of nitrogens with one attached hydrogen (secondary N) is 1. The number of para-hydroxylation sites is 2. The van der Waals surface area contributed by atoms with Crippen LogP contribution in [0.3, 0.4) is 0 Å². The van der Waals surface area contributed by atoms with Crippen LogP contribution < -0.4 is 10.1 Å². The highest BCUT2D eigenvalue weighted by Crippen LogP contribution is 2.36. The summed E-state index contributed by atoms with van der Waals surface area (Å²) in [6, 6.07) is 16.1. The fraction of sp³-hybridized carbons (Fsp3) is 0.444. The van der Waals surface area contributed by atoms with E-state index in [2.05, 4.69) is 57.3 Å². The third kappa shape index (κ3) is 5.14. The highest BCUT2D eigenvalue weighted by Gasteiger charge is 2.40. The van der Waals surface area contributed by atoms with Crippen molar-refractivity contribution < 1.29 is 9.53 Å². The number of carbonyl (C=O) groups is 1. The molecule has 0 saturated carbocycles. The van der Waals surface area contributed by atoms with Gasteiger partial charge in [-0.2, -0.15) is 0 Å². The molecule has 2 aromatic rings. The Kier molecular flexibility index (Phi) is 7.03. The third-order valence-electron chi connectivity index (χ3n) is 6.34. The first kappa shape index (κ1) is 24.3. The molecule has 1 N–H and O–H groups in total. The van der Waals surface area contributed by atoms with Crippen LogP contribution in [0.25, 0.3) is 0 Å². The van der Waals surface area contributed by atoms with Gasteiger partial charge in [0, 0.05) is 31.5 Å². The molecule has 4 rings (SSSR count). The summed E-state index contributed by atoms with van der Waals surface area (Å²) in [6.07, 6.45) is 1.42. The average Bonchev–Trinajstić information content (AvgIpc) is 3.17. The van der Waals surface area contributed by atoms with Gasteiger partial charge in [-0.05, 0) is 28.9 Å². The SMILES string of the molecule is CCSC1=NC2(CCN(C(=O)Nc3ccccc3OC)CC2)N=C1c1ccc(C(C)(C)C)cc1. The lowest BCUT2D eigenvalue weighted by molar-refractivity contribution is 0.175. The van der Waals surface area contributed by atoms with Crippen molar-refractivity contribution in [3.63, 3.8) is 0 Å². The molecule has 0 bridgehead atoms. The topological polar surface area (TPSA) is 66.3 Å². The molecule has 0 radical (unpaired) electrons. The Hall–Kier alpha value is -2.80. The van der Waals surface area contributed by atoms with Crippen LogP contribution in [-0.2, 0) is 5.41 Å². The quantitative estimate of drug-likeness (QED) is 0.589. The molecule has 2 aliphatic heterocycles. The van der Waals surface area contributed by atoms with Crippen LogP contribution >= 0.6 is 11.8 Å². The minimum absolute atomic E-state index is 0.115. The number of hydrogen-bond donors (Lipinski definition) is 1. The number of hydrogen-bond acceptors (Lipinski definition) is 5. The zero-order valence-corrected chi connectivity index (χ0v) is 21.5. The first-order valence-electron chi connectivity index (χ1n) is 11.9. The van der Waals surface area contributed by atoms with Crippen molar-refractivity contribution in [3.8, 4) is 5.75 Å². The number of methoxy groups -OCH3 is 1. The lowest BCUT2D eigenvalue weighted by Crippen LogP contribution is -2.46. The molecule has 0 atom stereocenters. The summed E-state index contributed by atoms with van der Waals surface area (Å²) in [5.41, 5.74) is 3.72. The van der Waals surface area contributed by atoms with Crippen LogP contribution in [0.2, 0.25) is 0 Å². The number of urea groups is 1. The van der Waals surface area contributed by atoms with Crippen LogP contribution in [0.5, 0.6) is 5.75 Å². The van der Waals surface area contributed by atoms with Gasteiger partial charge in [0.2, 0.25) is 0 Å². The largest absolute Gasteiger partial charge is 0.495 e. The summed E-state index contributed by atoms with van der Waals surface area (Å²) in [5, 5.41) is 3.99. The monoisotopic (exact) mass is 478 g/mol. The standard InChI is InChI=1S/C27H34N4O2S/c1-6-34-24-23(19-11-13-20(14-12-19)26(2,3)4)29-27(30-24)15-17-31(18-16-27)25(32)28-21-9-7-8-10-22(21)33-5/h7-14H,6,15-18H2,1-5H3,(H,28,32). The molecule has 2 aliphatic rings. The maximum Gasteiger partial charge on any atom is 0.321 e. The number of amides is 2. The first-order chi connectivity index (χ1) is 16.2. The fourth-order valence-corrected chi connectivity index (χ4v) is 5.12. The molecule has 0 aliphatic carbocycles. The molecule has 1 spiro atoms. The van der Waals surface area contributed by atoms with Crippen LogP contribution in [0.4, 0.5) is 10.5 Å². The summed E-state index contributed by atoms with van der Waals surface area (Å²) in [5.74, 6) is 1.60. The average molecular weight is 479 g/mol. The van der Waals surface area contributed by atoms with E-state index < -0.39 is 5.66 Å². The Morgan fingerprint density at radius 1 is 1.09 bits per heavy atom. The van der Waals surface area contributed by atoms with Gasteiger partial charge in [-0.1, -0.05) is 64.1 Å². The normalized spacial score (nSPS) is 17.4. The van der Waals surface area contributed by atoms with Gasteiger partial charge in [0.1, 0.15) is 10.8 Å². The van der Waals surface area contributed by atoms with E-state index in [9.17, 15) is 4.79 Å². The Morgan fingerprint density at radius 3 is 2.38 bits per heavy atom. The van der Waals surface area contributed by atoms with Crippen molar-refractivity contribution in [3.05, 3.63) is 59.7 Å². The summed E-state index contributed by atoms with van der Waals surface area (Å²) >= 11 is 1.74. The predicted octanol–water partition coefficient (Wildman–Crippen LogP) is 5.97. The van der Waals surface area contributed by atoms with Crippen molar-refractivity contribution in [1.29, 1.82) is 0 Å². The van der Waals surface area contributed by atoms with Gasteiger partial charge in [0.15, 0.2) is 5.66 Å². The second kappa shape index (κ2) is 9.82. The van der Waals surface area contributed by atoms with E-state index >= 15 is 0 Å². The number of carbonyl (C=O) groups excluding carboxylic acids is 1. The molecule has 7 heteroatoms. The number of ether oxygens (including phenoxy) is 1. The Balaban J connectivity index is 1.48. The van der Waals surface area contributed by atoms with E-state index in [-0.39, 0.29) is 11.4 Å². The molecule has 34 heavy (non-hydrogen) atoms. The molecule has 1 fully saturated rings. The lowest BCUT2D eigenvalue weighted by Gasteiger charge is -2.35. The minimum Gasteiger partial charge on any atom is -0.495 e. The van der Waals surface area contributed by atoms with Gasteiger partial charge in [0.05, 0.1) is 18.5 Å². The van der Waals surface area contributed by atoms with Gasteiger partial charge in [0.25, 0.3) is 0 Å². The van der Waals surface area contributed by atoms with E-state index in [0.29, 0.717) is 37.4 Å². The molecule has 1 saturated heterocycles. The van der Waals surface area contributed by atoms with Crippen molar-refractivity contribution in [2.24, 2.45) is 9.98 Å². The molecular formula is C27H34N4O2S. The highest BCUT2D eigenvalue weighted by atomic mass is 32.2. The maximum atomic E-state index is 12.9. The van der Waals surface area contributed by atoms with E-state index in [0.717, 1.165) is 22.1 Å². The highest BCUT2D eigenvalue weighted by molar-refractivity contribution is 8.15. The molecular weight excluding hydrogens is 444 g/mol. The van der Waals surface area contributed by atoms with Crippen molar-refractivity contribution in [2.75, 3.05) is 31.3 Å².